The molecule has 0 amide bonds. The molecule has 41 heavy (non-hydrogen) atoms. The fraction of sp³-hybridized carbons (Fsp3) is 0. The van der Waals surface area contributed by atoms with Gasteiger partial charge in [0, 0.05) is 37.7 Å². The highest BCUT2D eigenvalue weighted by molar-refractivity contribution is 6.28. The molecule has 0 fully saturated rings. The van der Waals surface area contributed by atoms with Gasteiger partial charge in [-0.15, -0.1) is 0 Å². The van der Waals surface area contributed by atoms with Gasteiger partial charge in [-0.2, -0.15) is 0 Å². The maximum atomic E-state index is 6.62. The molecule has 0 bridgehead atoms. The molecule has 0 saturated carbocycles. The molecule has 0 spiro atoms. The molecule has 0 aliphatic heterocycles. The molecule has 7 aromatic carbocycles. The summed E-state index contributed by atoms with van der Waals surface area (Å²) in [5.74, 6) is 0. The van der Waals surface area contributed by atoms with E-state index in [9.17, 15) is 0 Å². The third kappa shape index (κ3) is 2.82. The van der Waals surface area contributed by atoms with Gasteiger partial charge in [0.2, 0.25) is 0 Å². The molecule has 0 unspecified atom stereocenters. The zero-order valence-electron chi connectivity index (χ0n) is 21.8. The van der Waals surface area contributed by atoms with Crippen molar-refractivity contribution in [3.05, 3.63) is 121 Å². The molecule has 3 aromatic heterocycles. The minimum Gasteiger partial charge on any atom is -0.456 e. The number of fused-ring (bicyclic) bond motifs is 13. The minimum absolute atomic E-state index is 0.886. The monoisotopic (exact) mass is 524 g/mol. The van der Waals surface area contributed by atoms with Crippen LogP contribution in [-0.4, -0.2) is 0 Å². The van der Waals surface area contributed by atoms with Crippen LogP contribution < -0.4 is 0 Å². The van der Waals surface area contributed by atoms with Gasteiger partial charge in [-0.25, -0.2) is 0 Å². The molecule has 190 valence electrons. The normalized spacial score (nSPS) is 12.4. The average Bonchev–Trinajstić information content (AvgIpc) is 3.70. The Morgan fingerprint density at radius 3 is 1.68 bits per heavy atom. The Labute approximate surface area is 232 Å². The molecule has 0 aliphatic carbocycles. The van der Waals surface area contributed by atoms with Gasteiger partial charge in [-0.3, -0.25) is 0 Å². The highest BCUT2D eigenvalue weighted by atomic mass is 16.3. The molecule has 0 aliphatic rings. The first-order valence-electron chi connectivity index (χ1n) is 13.8. The van der Waals surface area contributed by atoms with Crippen molar-refractivity contribution in [1.82, 2.24) is 0 Å². The van der Waals surface area contributed by atoms with E-state index in [0.29, 0.717) is 0 Å². The zero-order valence-corrected chi connectivity index (χ0v) is 21.8. The highest BCUT2D eigenvalue weighted by Crippen LogP contribution is 2.44. The first-order valence-corrected chi connectivity index (χ1v) is 13.8. The van der Waals surface area contributed by atoms with Crippen LogP contribution in [0.15, 0.2) is 135 Å². The quantitative estimate of drug-likeness (QED) is 0.201. The Hall–Kier alpha value is -5.54. The summed E-state index contributed by atoms with van der Waals surface area (Å²) < 4.78 is 19.1. The van der Waals surface area contributed by atoms with E-state index in [4.69, 9.17) is 13.3 Å². The second kappa shape index (κ2) is 7.56. The van der Waals surface area contributed by atoms with Crippen LogP contribution in [0.2, 0.25) is 0 Å². The van der Waals surface area contributed by atoms with E-state index in [1.807, 2.05) is 36.4 Å². The summed E-state index contributed by atoms with van der Waals surface area (Å²) in [4.78, 5) is 0. The summed E-state index contributed by atoms with van der Waals surface area (Å²) in [5, 5.41) is 11.3. The van der Waals surface area contributed by atoms with E-state index in [1.165, 1.54) is 0 Å². The number of furan rings is 3. The number of benzene rings is 7. The van der Waals surface area contributed by atoms with E-state index in [-0.39, 0.29) is 0 Å². The summed E-state index contributed by atoms with van der Waals surface area (Å²) in [5.41, 5.74) is 7.68. The van der Waals surface area contributed by atoms with Gasteiger partial charge in [0.25, 0.3) is 0 Å². The summed E-state index contributed by atoms with van der Waals surface area (Å²) in [6.45, 7) is 0. The molecule has 3 heterocycles. The van der Waals surface area contributed by atoms with Crippen LogP contribution in [0.1, 0.15) is 0 Å². The van der Waals surface area contributed by atoms with Gasteiger partial charge in [0.05, 0.1) is 0 Å². The largest absolute Gasteiger partial charge is 0.456 e. The number of rotatable bonds is 1. The molecule has 0 atom stereocenters. The lowest BCUT2D eigenvalue weighted by Gasteiger charge is -2.12. The topological polar surface area (TPSA) is 39.4 Å². The third-order valence-electron chi connectivity index (χ3n) is 8.64. The van der Waals surface area contributed by atoms with Crippen molar-refractivity contribution >= 4 is 87.4 Å². The van der Waals surface area contributed by atoms with Crippen molar-refractivity contribution in [2.24, 2.45) is 0 Å². The third-order valence-corrected chi connectivity index (χ3v) is 8.64. The molecule has 0 N–H and O–H groups in total. The van der Waals surface area contributed by atoms with E-state index in [1.54, 1.807) is 0 Å². The average molecular weight is 525 g/mol. The van der Waals surface area contributed by atoms with Gasteiger partial charge in [0.15, 0.2) is 0 Å². The Morgan fingerprint density at radius 2 is 0.927 bits per heavy atom. The lowest BCUT2D eigenvalue weighted by molar-refractivity contribution is 0.669. The predicted molar refractivity (Wildman–Crippen MR) is 169 cm³/mol. The molecule has 10 rings (SSSR count). The van der Waals surface area contributed by atoms with Gasteiger partial charge in [0.1, 0.15) is 33.5 Å². The van der Waals surface area contributed by atoms with Gasteiger partial charge in [-0.1, -0.05) is 66.7 Å². The molecular formula is C38H20O3. The summed E-state index contributed by atoms with van der Waals surface area (Å²) in [6.07, 6.45) is 0. The lowest BCUT2D eigenvalue weighted by atomic mass is 9.91. The van der Waals surface area contributed by atoms with Gasteiger partial charge < -0.3 is 13.3 Å². The van der Waals surface area contributed by atoms with E-state index in [2.05, 4.69) is 84.9 Å². The molecule has 3 heteroatoms. The fourth-order valence-electron chi connectivity index (χ4n) is 6.77. The lowest BCUT2D eigenvalue weighted by Crippen LogP contribution is -1.86. The van der Waals surface area contributed by atoms with Gasteiger partial charge in [-0.05, 0) is 81.9 Å². The smallest absolute Gasteiger partial charge is 0.143 e. The SMILES string of the molecule is c1ccc2c(c1)oc1ccc(-c3cc4cc5oc6ccccc6c5cc4c4c3ccc3c5ccccc5oc34)cc12. The summed E-state index contributed by atoms with van der Waals surface area (Å²) in [7, 11) is 0. The number of hydrogen-bond donors (Lipinski definition) is 0. The maximum Gasteiger partial charge on any atom is 0.143 e. The molecular weight excluding hydrogens is 504 g/mol. The van der Waals surface area contributed by atoms with Crippen LogP contribution in [0.4, 0.5) is 0 Å². The first-order chi connectivity index (χ1) is 20.3. The van der Waals surface area contributed by atoms with Gasteiger partial charge >= 0.3 is 0 Å². The van der Waals surface area contributed by atoms with Crippen molar-refractivity contribution in [3.63, 3.8) is 0 Å². The van der Waals surface area contributed by atoms with Crippen molar-refractivity contribution < 1.29 is 13.3 Å². The van der Waals surface area contributed by atoms with Crippen LogP contribution in [0.3, 0.4) is 0 Å². The van der Waals surface area contributed by atoms with Crippen LogP contribution in [0.25, 0.3) is 98.5 Å². The molecule has 3 nitrogen and oxygen atoms in total. The second-order valence-electron chi connectivity index (χ2n) is 10.9. The van der Waals surface area contributed by atoms with E-state index in [0.717, 1.165) is 98.5 Å². The van der Waals surface area contributed by atoms with E-state index >= 15 is 0 Å². The maximum absolute atomic E-state index is 6.62. The predicted octanol–water partition coefficient (Wildman–Crippen LogP) is 11.4. The van der Waals surface area contributed by atoms with Crippen LogP contribution in [-0.2, 0) is 0 Å². The van der Waals surface area contributed by atoms with E-state index < -0.39 is 0 Å². The van der Waals surface area contributed by atoms with Crippen molar-refractivity contribution in [3.8, 4) is 11.1 Å². The Bertz CT molecular complexity index is 2700. The number of hydrogen-bond acceptors (Lipinski definition) is 3. The van der Waals surface area contributed by atoms with Crippen LogP contribution in [0.5, 0.6) is 0 Å². The Kier molecular flexibility index (Phi) is 3.93. The number of para-hydroxylation sites is 3. The van der Waals surface area contributed by atoms with Crippen molar-refractivity contribution in [1.29, 1.82) is 0 Å². The molecule has 0 radical (unpaired) electrons. The molecule has 0 saturated heterocycles. The minimum atomic E-state index is 0.886. The first kappa shape index (κ1) is 21.3. The Balaban J connectivity index is 1.39. The van der Waals surface area contributed by atoms with Crippen molar-refractivity contribution in [2.45, 2.75) is 0 Å². The summed E-state index contributed by atoms with van der Waals surface area (Å²) in [6, 6.07) is 42.5. The van der Waals surface area contributed by atoms with Crippen LogP contribution >= 0.6 is 0 Å². The molecule has 10 aromatic rings. The Morgan fingerprint density at radius 1 is 0.341 bits per heavy atom. The van der Waals surface area contributed by atoms with Crippen molar-refractivity contribution in [2.75, 3.05) is 0 Å². The fourth-order valence-corrected chi connectivity index (χ4v) is 6.77. The standard InChI is InChI=1S/C38H20O3/c1-6-12-34-23(7-1)27-15-14-26-28(21-13-16-35-30(17-21)24-8-2-4-10-32(24)39-35)18-22-19-36-31(20-29(22)37(26)38(27)41-34)25-9-3-5-11-33(25)40-36/h1-20H. The highest BCUT2D eigenvalue weighted by Gasteiger charge is 2.19. The summed E-state index contributed by atoms with van der Waals surface area (Å²) >= 11 is 0. The second-order valence-corrected chi connectivity index (χ2v) is 10.9. The zero-order chi connectivity index (χ0) is 26.7. The van der Waals surface area contributed by atoms with Crippen LogP contribution in [0, 0.1) is 0 Å².